The van der Waals surface area contributed by atoms with Crippen LogP contribution in [-0.2, 0) is 16.1 Å². The Bertz CT molecular complexity index is 688. The molecule has 5 N–H and O–H groups in total. The number of likely N-dealkylation sites (N-methyl/N-ethyl adjacent to an activating group) is 1. The van der Waals surface area contributed by atoms with Crippen LogP contribution >= 0.6 is 11.3 Å². The van der Waals surface area contributed by atoms with Crippen molar-refractivity contribution in [1.29, 1.82) is 5.41 Å². The van der Waals surface area contributed by atoms with E-state index in [9.17, 15) is 9.59 Å². The number of nitrogen functional groups attached to an aromatic ring is 1. The highest BCUT2D eigenvalue weighted by Gasteiger charge is 2.64. The Morgan fingerprint density at radius 1 is 1.50 bits per heavy atom. The number of amidine groups is 1. The van der Waals surface area contributed by atoms with Gasteiger partial charge < -0.3 is 21.3 Å². The Morgan fingerprint density at radius 2 is 2.25 bits per heavy atom. The number of nitrogens with one attached hydrogen (secondary N) is 3. The highest BCUT2D eigenvalue weighted by atomic mass is 32.1. The first-order valence-electron chi connectivity index (χ1n) is 8.01. The third kappa shape index (κ3) is 3.03. The van der Waals surface area contributed by atoms with E-state index in [2.05, 4.69) is 17.6 Å². The molecule has 1 saturated heterocycles. The van der Waals surface area contributed by atoms with Crippen LogP contribution in [0.2, 0.25) is 0 Å². The van der Waals surface area contributed by atoms with Gasteiger partial charge >= 0.3 is 0 Å². The van der Waals surface area contributed by atoms with Crippen molar-refractivity contribution >= 4 is 29.0 Å². The van der Waals surface area contributed by atoms with Crippen molar-refractivity contribution < 1.29 is 9.59 Å². The normalized spacial score (nSPS) is 27.7. The van der Waals surface area contributed by atoms with Crippen LogP contribution < -0.4 is 16.4 Å². The summed E-state index contributed by atoms with van der Waals surface area (Å²) in [5, 5.41) is 15.0. The Morgan fingerprint density at radius 3 is 2.88 bits per heavy atom. The number of carbonyl (C=O) groups excluding carboxylic acids is 2. The van der Waals surface area contributed by atoms with Crippen LogP contribution in [0.15, 0.2) is 11.4 Å². The molecule has 1 aliphatic heterocycles. The summed E-state index contributed by atoms with van der Waals surface area (Å²) < 4.78 is 0. The number of amides is 2. The molecule has 0 bridgehead atoms. The van der Waals surface area contributed by atoms with E-state index < -0.39 is 0 Å². The van der Waals surface area contributed by atoms with Crippen LogP contribution in [0.3, 0.4) is 0 Å². The van der Waals surface area contributed by atoms with Gasteiger partial charge in [0.05, 0.1) is 13.1 Å². The Kier molecular flexibility index (Phi) is 4.35. The van der Waals surface area contributed by atoms with Crippen molar-refractivity contribution in [3.05, 3.63) is 21.9 Å². The molecule has 1 aromatic rings. The van der Waals surface area contributed by atoms with E-state index in [1.807, 2.05) is 6.07 Å². The molecule has 130 valence electrons. The van der Waals surface area contributed by atoms with Gasteiger partial charge in [-0.15, -0.1) is 11.3 Å². The SMILES string of the molecule is CNCC(=O)N1C(C(=O)NCc2cc(C(=N)N)cs2)C[C@]2(C)CC12. The summed E-state index contributed by atoms with van der Waals surface area (Å²) in [4.78, 5) is 27.6. The Labute approximate surface area is 145 Å². The lowest BCUT2D eigenvalue weighted by molar-refractivity contribution is -0.139. The highest BCUT2D eigenvalue weighted by Crippen LogP contribution is 2.59. The smallest absolute Gasteiger partial charge is 0.243 e. The molecule has 2 unspecified atom stereocenters. The molecule has 0 aromatic carbocycles. The monoisotopic (exact) mass is 349 g/mol. The molecule has 2 fully saturated rings. The van der Waals surface area contributed by atoms with Gasteiger partial charge in [-0.2, -0.15) is 0 Å². The highest BCUT2D eigenvalue weighted by molar-refractivity contribution is 7.10. The van der Waals surface area contributed by atoms with E-state index >= 15 is 0 Å². The molecule has 2 aliphatic rings. The molecule has 8 heteroatoms. The fourth-order valence-electron chi connectivity index (χ4n) is 3.51. The lowest BCUT2D eigenvalue weighted by Crippen LogP contribution is -2.49. The van der Waals surface area contributed by atoms with Crippen molar-refractivity contribution in [2.45, 2.75) is 38.4 Å². The van der Waals surface area contributed by atoms with Crippen molar-refractivity contribution in [3.8, 4) is 0 Å². The van der Waals surface area contributed by atoms with Crippen LogP contribution in [0.4, 0.5) is 0 Å². The van der Waals surface area contributed by atoms with Gasteiger partial charge in [0.2, 0.25) is 11.8 Å². The zero-order valence-electron chi connectivity index (χ0n) is 13.9. The number of likely N-dealkylation sites (tertiary alicyclic amines) is 1. The van der Waals surface area contributed by atoms with Gasteiger partial charge in [0.25, 0.3) is 0 Å². The number of carbonyl (C=O) groups is 2. The van der Waals surface area contributed by atoms with E-state index in [1.165, 1.54) is 11.3 Å². The van der Waals surface area contributed by atoms with E-state index in [4.69, 9.17) is 11.1 Å². The maximum atomic E-state index is 12.6. The van der Waals surface area contributed by atoms with Crippen LogP contribution in [0.25, 0.3) is 0 Å². The van der Waals surface area contributed by atoms with Crippen molar-refractivity contribution in [2.75, 3.05) is 13.6 Å². The average Bonchev–Trinajstić information content (AvgIpc) is 2.90. The zero-order chi connectivity index (χ0) is 17.5. The largest absolute Gasteiger partial charge is 0.384 e. The molecule has 0 radical (unpaired) electrons. The molecule has 1 aliphatic carbocycles. The van der Waals surface area contributed by atoms with Gasteiger partial charge in [-0.3, -0.25) is 15.0 Å². The third-order valence-electron chi connectivity index (χ3n) is 4.96. The van der Waals surface area contributed by atoms with Crippen molar-refractivity contribution in [2.24, 2.45) is 11.1 Å². The van der Waals surface area contributed by atoms with Gasteiger partial charge in [-0.1, -0.05) is 6.92 Å². The fourth-order valence-corrected chi connectivity index (χ4v) is 4.33. The summed E-state index contributed by atoms with van der Waals surface area (Å²) in [6, 6.07) is 1.62. The fraction of sp³-hybridized carbons (Fsp3) is 0.562. The van der Waals surface area contributed by atoms with Crippen LogP contribution in [0, 0.1) is 10.8 Å². The summed E-state index contributed by atoms with van der Waals surface area (Å²) in [6.07, 6.45) is 1.71. The number of hydrogen-bond acceptors (Lipinski definition) is 5. The van der Waals surface area contributed by atoms with Gasteiger partial charge in [0, 0.05) is 21.9 Å². The molecule has 3 atom stereocenters. The summed E-state index contributed by atoms with van der Waals surface area (Å²) in [6.45, 7) is 2.79. The molecule has 7 nitrogen and oxygen atoms in total. The first kappa shape index (κ1) is 16.9. The number of fused-ring (bicyclic) bond motifs is 1. The summed E-state index contributed by atoms with van der Waals surface area (Å²) in [5.74, 6) is -0.0963. The van der Waals surface area contributed by atoms with Gasteiger partial charge in [0.1, 0.15) is 11.9 Å². The number of nitrogens with zero attached hydrogens (tertiary/aromatic N) is 1. The maximum Gasteiger partial charge on any atom is 0.243 e. The molecule has 2 amide bonds. The van der Waals surface area contributed by atoms with E-state index in [1.54, 1.807) is 17.3 Å². The number of hydrogen-bond donors (Lipinski definition) is 4. The number of nitrogens with two attached hydrogens (primary N) is 1. The van der Waals surface area contributed by atoms with Crippen molar-refractivity contribution in [1.82, 2.24) is 15.5 Å². The number of piperidine rings is 1. The standard InChI is InChI=1S/C16H23N5O2S/c1-16-4-11(21(12(16)5-16)13(22)7-19-2)15(23)20-6-10-3-9(8-24-10)14(17)18/h3,8,11-12,19H,4-7H2,1-2H3,(H3,17,18)(H,20,23)/t11?,12?,16-/m1/s1. The molecule has 1 aromatic heterocycles. The molecule has 1 saturated carbocycles. The summed E-state index contributed by atoms with van der Waals surface area (Å²) in [5.41, 5.74) is 6.21. The maximum absolute atomic E-state index is 12.6. The predicted octanol–water partition coefficient (Wildman–Crippen LogP) is 0.247. The minimum Gasteiger partial charge on any atom is -0.384 e. The topological polar surface area (TPSA) is 111 Å². The predicted molar refractivity (Wildman–Crippen MR) is 92.9 cm³/mol. The molecule has 2 heterocycles. The second-order valence-electron chi connectivity index (χ2n) is 6.86. The van der Waals surface area contributed by atoms with Gasteiger partial charge in [-0.05, 0) is 31.4 Å². The van der Waals surface area contributed by atoms with E-state index in [0.29, 0.717) is 12.1 Å². The Hall–Kier alpha value is -1.93. The first-order valence-corrected chi connectivity index (χ1v) is 8.89. The van der Waals surface area contributed by atoms with Gasteiger partial charge in [-0.25, -0.2) is 0 Å². The minimum atomic E-state index is -0.387. The van der Waals surface area contributed by atoms with Crippen LogP contribution in [-0.4, -0.2) is 48.2 Å². The molecular formula is C16H23N5O2S. The number of thiophene rings is 1. The van der Waals surface area contributed by atoms with E-state index in [-0.39, 0.29) is 41.7 Å². The lowest BCUT2D eigenvalue weighted by Gasteiger charge is -2.26. The third-order valence-corrected chi connectivity index (χ3v) is 5.89. The summed E-state index contributed by atoms with van der Waals surface area (Å²) in [7, 11) is 1.73. The van der Waals surface area contributed by atoms with Crippen LogP contribution in [0.5, 0.6) is 0 Å². The van der Waals surface area contributed by atoms with Crippen LogP contribution in [0.1, 0.15) is 30.2 Å². The Balaban J connectivity index is 1.63. The van der Waals surface area contributed by atoms with E-state index in [0.717, 1.165) is 17.7 Å². The quantitative estimate of drug-likeness (QED) is 0.436. The minimum absolute atomic E-state index is 0.0149. The second kappa shape index (κ2) is 6.18. The zero-order valence-corrected chi connectivity index (χ0v) is 14.7. The molecule has 3 rings (SSSR count). The average molecular weight is 349 g/mol. The molecule has 24 heavy (non-hydrogen) atoms. The van der Waals surface area contributed by atoms with Crippen molar-refractivity contribution in [3.63, 3.8) is 0 Å². The summed E-state index contributed by atoms with van der Waals surface area (Å²) >= 11 is 1.46. The van der Waals surface area contributed by atoms with Gasteiger partial charge in [0.15, 0.2) is 0 Å². The molecular weight excluding hydrogens is 326 g/mol. The molecule has 0 spiro atoms. The number of rotatable bonds is 6. The second-order valence-corrected chi connectivity index (χ2v) is 7.85. The lowest BCUT2D eigenvalue weighted by atomic mass is 10.0. The first-order chi connectivity index (χ1) is 11.4.